The number of halogens is 2. The molecular formula is C23H19F2NO2. The number of amides is 1. The molecule has 0 spiro atoms. The standard InChI is InChI=1S/C23H19F2NO2/c1-15-5-4-6-16(11-15)12-18(27)13-17-9-10-22(21(25)14-17)26-23(28)19-7-2-3-8-20(19)24/h2-11,14H,12-13H2,1H3,(H,26,28). The van der Waals surface area contributed by atoms with E-state index in [1.807, 2.05) is 31.2 Å². The molecule has 0 radical (unpaired) electrons. The molecule has 1 N–H and O–H groups in total. The average Bonchev–Trinajstić information content (AvgIpc) is 2.64. The molecule has 3 aromatic carbocycles. The molecule has 5 heteroatoms. The Labute approximate surface area is 162 Å². The SMILES string of the molecule is Cc1cccc(CC(=O)Cc2ccc(NC(=O)c3ccccc3F)c(F)c2)c1. The van der Waals surface area contributed by atoms with Crippen molar-refractivity contribution in [1.29, 1.82) is 0 Å². The first kappa shape index (κ1) is 19.4. The monoisotopic (exact) mass is 379 g/mol. The van der Waals surface area contributed by atoms with E-state index in [1.165, 1.54) is 30.3 Å². The van der Waals surface area contributed by atoms with Crippen LogP contribution in [-0.4, -0.2) is 11.7 Å². The minimum Gasteiger partial charge on any atom is -0.319 e. The van der Waals surface area contributed by atoms with E-state index in [2.05, 4.69) is 5.32 Å². The Hall–Kier alpha value is -3.34. The highest BCUT2D eigenvalue weighted by atomic mass is 19.1. The molecule has 0 unspecified atom stereocenters. The van der Waals surface area contributed by atoms with Crippen molar-refractivity contribution in [2.75, 3.05) is 5.32 Å². The molecule has 28 heavy (non-hydrogen) atoms. The van der Waals surface area contributed by atoms with E-state index in [4.69, 9.17) is 0 Å². The quantitative estimate of drug-likeness (QED) is 0.664. The second-order valence-corrected chi connectivity index (χ2v) is 6.63. The number of hydrogen-bond acceptors (Lipinski definition) is 2. The molecule has 0 aromatic heterocycles. The minimum atomic E-state index is -0.736. The zero-order valence-electron chi connectivity index (χ0n) is 15.3. The third-order valence-corrected chi connectivity index (χ3v) is 4.29. The van der Waals surface area contributed by atoms with Gasteiger partial charge in [-0.15, -0.1) is 0 Å². The van der Waals surface area contributed by atoms with Crippen LogP contribution in [-0.2, 0) is 17.6 Å². The van der Waals surface area contributed by atoms with Crippen LogP contribution in [0.2, 0.25) is 0 Å². The number of carbonyl (C=O) groups excluding carboxylic acids is 2. The van der Waals surface area contributed by atoms with E-state index in [0.717, 1.165) is 17.2 Å². The molecule has 1 amide bonds. The Morgan fingerprint density at radius 3 is 2.21 bits per heavy atom. The first-order chi connectivity index (χ1) is 13.4. The van der Waals surface area contributed by atoms with Gasteiger partial charge < -0.3 is 5.32 Å². The lowest BCUT2D eigenvalue weighted by atomic mass is 10.0. The predicted octanol–water partition coefficient (Wildman–Crippen LogP) is 4.88. The van der Waals surface area contributed by atoms with Gasteiger partial charge >= 0.3 is 0 Å². The molecule has 3 nitrogen and oxygen atoms in total. The molecule has 0 aliphatic carbocycles. The summed E-state index contributed by atoms with van der Waals surface area (Å²) in [7, 11) is 0. The molecule has 0 bridgehead atoms. The molecule has 0 fully saturated rings. The van der Waals surface area contributed by atoms with Crippen LogP contribution in [0.5, 0.6) is 0 Å². The highest BCUT2D eigenvalue weighted by Gasteiger charge is 2.14. The number of ketones is 1. The lowest BCUT2D eigenvalue weighted by molar-refractivity contribution is -0.117. The highest BCUT2D eigenvalue weighted by Crippen LogP contribution is 2.19. The lowest BCUT2D eigenvalue weighted by Gasteiger charge is -2.09. The summed E-state index contributed by atoms with van der Waals surface area (Å²) in [6, 6.07) is 17.3. The molecule has 0 saturated heterocycles. The van der Waals surface area contributed by atoms with Gasteiger partial charge in [0.1, 0.15) is 17.4 Å². The maximum absolute atomic E-state index is 14.3. The summed E-state index contributed by atoms with van der Waals surface area (Å²) in [5, 5.41) is 2.36. The van der Waals surface area contributed by atoms with Gasteiger partial charge in [0.2, 0.25) is 0 Å². The van der Waals surface area contributed by atoms with Crippen LogP contribution in [0.15, 0.2) is 66.7 Å². The Bertz CT molecular complexity index is 1030. The van der Waals surface area contributed by atoms with E-state index >= 15 is 0 Å². The Morgan fingerprint density at radius 1 is 0.821 bits per heavy atom. The number of anilines is 1. The van der Waals surface area contributed by atoms with Gasteiger partial charge in [0, 0.05) is 12.8 Å². The molecule has 3 aromatic rings. The Morgan fingerprint density at radius 2 is 1.54 bits per heavy atom. The molecular weight excluding hydrogens is 360 g/mol. The largest absolute Gasteiger partial charge is 0.319 e. The van der Waals surface area contributed by atoms with Crippen molar-refractivity contribution in [3.63, 3.8) is 0 Å². The van der Waals surface area contributed by atoms with Gasteiger partial charge in [0.25, 0.3) is 5.91 Å². The van der Waals surface area contributed by atoms with Crippen LogP contribution in [0.25, 0.3) is 0 Å². The normalized spacial score (nSPS) is 10.5. The zero-order chi connectivity index (χ0) is 20.1. The van der Waals surface area contributed by atoms with Crippen molar-refractivity contribution >= 4 is 17.4 Å². The molecule has 0 heterocycles. The predicted molar refractivity (Wildman–Crippen MR) is 104 cm³/mol. The Balaban J connectivity index is 1.66. The number of carbonyl (C=O) groups is 2. The van der Waals surface area contributed by atoms with E-state index in [9.17, 15) is 18.4 Å². The third kappa shape index (κ3) is 4.88. The highest BCUT2D eigenvalue weighted by molar-refractivity contribution is 6.04. The van der Waals surface area contributed by atoms with Crippen molar-refractivity contribution in [3.05, 3.63) is 101 Å². The topological polar surface area (TPSA) is 46.2 Å². The molecule has 0 aliphatic heterocycles. The molecule has 3 rings (SSSR count). The summed E-state index contributed by atoms with van der Waals surface area (Å²) in [4.78, 5) is 24.4. The first-order valence-corrected chi connectivity index (χ1v) is 8.84. The summed E-state index contributed by atoms with van der Waals surface area (Å²) in [6.45, 7) is 1.96. The van der Waals surface area contributed by atoms with Gasteiger partial charge in [-0.2, -0.15) is 0 Å². The summed E-state index contributed by atoms with van der Waals surface area (Å²) >= 11 is 0. The van der Waals surface area contributed by atoms with Crippen molar-refractivity contribution in [3.8, 4) is 0 Å². The zero-order valence-corrected chi connectivity index (χ0v) is 15.3. The van der Waals surface area contributed by atoms with E-state index < -0.39 is 17.5 Å². The summed E-state index contributed by atoms with van der Waals surface area (Å²) < 4.78 is 28.0. The van der Waals surface area contributed by atoms with Crippen LogP contribution >= 0.6 is 0 Å². The van der Waals surface area contributed by atoms with Crippen LogP contribution in [0.4, 0.5) is 14.5 Å². The van der Waals surface area contributed by atoms with Gasteiger partial charge in [0.05, 0.1) is 11.3 Å². The first-order valence-electron chi connectivity index (χ1n) is 8.84. The lowest BCUT2D eigenvalue weighted by Crippen LogP contribution is -2.15. The van der Waals surface area contributed by atoms with Crippen molar-refractivity contribution in [2.45, 2.75) is 19.8 Å². The second kappa shape index (κ2) is 8.57. The van der Waals surface area contributed by atoms with Crippen LogP contribution < -0.4 is 5.32 Å². The molecule has 0 saturated carbocycles. The summed E-state index contributed by atoms with van der Waals surface area (Å²) in [6.07, 6.45) is 0.363. The number of rotatable bonds is 6. The van der Waals surface area contributed by atoms with Gasteiger partial charge in [-0.1, -0.05) is 48.0 Å². The second-order valence-electron chi connectivity index (χ2n) is 6.63. The number of Topliss-reactive ketones (excluding diaryl/α,β-unsaturated/α-hetero) is 1. The van der Waals surface area contributed by atoms with Crippen LogP contribution in [0.3, 0.4) is 0 Å². The van der Waals surface area contributed by atoms with E-state index in [0.29, 0.717) is 5.56 Å². The van der Waals surface area contributed by atoms with E-state index in [1.54, 1.807) is 6.07 Å². The van der Waals surface area contributed by atoms with Crippen LogP contribution in [0, 0.1) is 18.6 Å². The van der Waals surface area contributed by atoms with Gasteiger partial charge in [0.15, 0.2) is 0 Å². The van der Waals surface area contributed by atoms with E-state index in [-0.39, 0.29) is 29.9 Å². The smallest absolute Gasteiger partial charge is 0.258 e. The Kier molecular flexibility index (Phi) is 5.94. The maximum atomic E-state index is 14.3. The van der Waals surface area contributed by atoms with Crippen molar-refractivity contribution in [2.24, 2.45) is 0 Å². The molecule has 0 atom stereocenters. The van der Waals surface area contributed by atoms with Crippen molar-refractivity contribution < 1.29 is 18.4 Å². The maximum Gasteiger partial charge on any atom is 0.258 e. The average molecular weight is 379 g/mol. The van der Waals surface area contributed by atoms with Gasteiger partial charge in [-0.05, 0) is 42.3 Å². The minimum absolute atomic E-state index is 0.0341. The van der Waals surface area contributed by atoms with Crippen molar-refractivity contribution in [1.82, 2.24) is 0 Å². The third-order valence-electron chi connectivity index (χ3n) is 4.29. The summed E-state index contributed by atoms with van der Waals surface area (Å²) in [5.41, 5.74) is 2.27. The van der Waals surface area contributed by atoms with Gasteiger partial charge in [-0.3, -0.25) is 9.59 Å². The van der Waals surface area contributed by atoms with Crippen LogP contribution in [0.1, 0.15) is 27.0 Å². The molecule has 142 valence electrons. The number of nitrogens with one attached hydrogen (secondary N) is 1. The fraction of sp³-hybridized carbons (Fsp3) is 0.130. The fourth-order valence-corrected chi connectivity index (χ4v) is 2.94. The summed E-state index contributed by atoms with van der Waals surface area (Å²) in [5.74, 6) is -2.13. The number of benzene rings is 3. The van der Waals surface area contributed by atoms with Gasteiger partial charge in [-0.25, -0.2) is 8.78 Å². The molecule has 0 aliphatic rings. The fourth-order valence-electron chi connectivity index (χ4n) is 2.94. The number of hydrogen-bond donors (Lipinski definition) is 1. The number of aryl methyl sites for hydroxylation is 1.